The summed E-state index contributed by atoms with van der Waals surface area (Å²) in [6.45, 7) is 4.94. The van der Waals surface area contributed by atoms with Crippen LogP contribution in [0.3, 0.4) is 0 Å². The van der Waals surface area contributed by atoms with Gasteiger partial charge in [0.25, 0.3) is 11.8 Å². The van der Waals surface area contributed by atoms with Gasteiger partial charge in [0.1, 0.15) is 5.75 Å². The van der Waals surface area contributed by atoms with Gasteiger partial charge in [-0.2, -0.15) is 0 Å². The smallest absolute Gasteiger partial charge is 0.406 e. The Hall–Kier alpha value is -2.29. The van der Waals surface area contributed by atoms with Crippen LogP contribution in [-0.2, 0) is 9.59 Å². The fourth-order valence-corrected chi connectivity index (χ4v) is 2.12. The van der Waals surface area contributed by atoms with Crippen LogP contribution in [0.25, 0.3) is 0 Å². The highest BCUT2D eigenvalue weighted by Crippen LogP contribution is 2.23. The zero-order valence-corrected chi connectivity index (χ0v) is 15.1. The summed E-state index contributed by atoms with van der Waals surface area (Å²) < 4.78 is 40.0. The van der Waals surface area contributed by atoms with E-state index in [9.17, 15) is 22.8 Å². The molecule has 0 heterocycles. The van der Waals surface area contributed by atoms with Crippen molar-refractivity contribution in [1.82, 2.24) is 5.32 Å². The van der Waals surface area contributed by atoms with E-state index in [-0.39, 0.29) is 30.7 Å². The third-order valence-electron chi connectivity index (χ3n) is 3.34. The van der Waals surface area contributed by atoms with E-state index in [2.05, 4.69) is 29.2 Å². The largest absolute Gasteiger partial charge is 0.573 e. The molecule has 0 spiro atoms. The van der Waals surface area contributed by atoms with E-state index in [4.69, 9.17) is 0 Å². The highest BCUT2D eigenvalue weighted by atomic mass is 19.4. The van der Waals surface area contributed by atoms with Gasteiger partial charge in [0.15, 0.2) is 13.1 Å². The molecule has 0 aliphatic rings. The van der Waals surface area contributed by atoms with Crippen molar-refractivity contribution >= 4 is 17.5 Å². The number of carbonyl (C=O) groups excluding carboxylic acids is 2. The molecule has 146 valence electrons. The third kappa shape index (κ3) is 9.87. The maximum Gasteiger partial charge on any atom is 0.573 e. The molecule has 0 saturated carbocycles. The predicted octanol–water partition coefficient (Wildman–Crippen LogP) is 1.20. The molecule has 0 aliphatic carbocycles. The fourth-order valence-electron chi connectivity index (χ4n) is 2.12. The summed E-state index contributed by atoms with van der Waals surface area (Å²) in [5.74, 6) is -0.345. The van der Waals surface area contributed by atoms with Gasteiger partial charge < -0.3 is 20.3 Å². The zero-order valence-electron chi connectivity index (χ0n) is 15.1. The monoisotopic (exact) mass is 376 g/mol. The Bertz CT molecular complexity index is 589. The molecule has 1 atom stereocenters. The van der Waals surface area contributed by atoms with Gasteiger partial charge in [0.2, 0.25) is 0 Å². The molecule has 1 unspecified atom stereocenters. The molecule has 2 amide bonds. The summed E-state index contributed by atoms with van der Waals surface area (Å²) >= 11 is 0. The quantitative estimate of drug-likeness (QED) is 0.607. The van der Waals surface area contributed by atoms with E-state index in [1.807, 2.05) is 0 Å². The van der Waals surface area contributed by atoms with Crippen molar-refractivity contribution in [2.75, 3.05) is 32.0 Å². The van der Waals surface area contributed by atoms with E-state index >= 15 is 0 Å². The van der Waals surface area contributed by atoms with Crippen molar-refractivity contribution in [3.8, 4) is 5.75 Å². The van der Waals surface area contributed by atoms with Gasteiger partial charge in [-0.25, -0.2) is 0 Å². The molecule has 0 aromatic heterocycles. The van der Waals surface area contributed by atoms with Gasteiger partial charge >= 0.3 is 6.36 Å². The average molecular weight is 376 g/mol. The highest BCUT2D eigenvalue weighted by Gasteiger charge is 2.31. The Morgan fingerprint density at radius 2 is 1.69 bits per heavy atom. The lowest BCUT2D eigenvalue weighted by molar-refractivity contribution is -0.862. The number of hydrogen-bond donors (Lipinski definition) is 3. The van der Waals surface area contributed by atoms with E-state index in [0.717, 1.165) is 18.6 Å². The average Bonchev–Trinajstić information content (AvgIpc) is 2.47. The van der Waals surface area contributed by atoms with Crippen LogP contribution < -0.4 is 20.3 Å². The van der Waals surface area contributed by atoms with Gasteiger partial charge in [-0.05, 0) is 36.6 Å². The Morgan fingerprint density at radius 3 is 2.23 bits per heavy atom. The Morgan fingerprint density at radius 1 is 1.12 bits per heavy atom. The fraction of sp³-hybridized carbons (Fsp3) is 0.529. The van der Waals surface area contributed by atoms with Crippen molar-refractivity contribution in [3.63, 3.8) is 0 Å². The third-order valence-corrected chi connectivity index (χ3v) is 3.34. The first-order valence-corrected chi connectivity index (χ1v) is 8.29. The molecule has 0 saturated heterocycles. The van der Waals surface area contributed by atoms with Crippen LogP contribution in [0.15, 0.2) is 24.3 Å². The first kappa shape index (κ1) is 21.8. The number of benzene rings is 1. The van der Waals surface area contributed by atoms with E-state index in [1.54, 1.807) is 7.05 Å². The van der Waals surface area contributed by atoms with E-state index < -0.39 is 6.36 Å². The second-order valence-corrected chi connectivity index (χ2v) is 6.46. The number of amides is 2. The lowest BCUT2D eigenvalue weighted by atomic mass is 10.1. The molecule has 0 bridgehead atoms. The van der Waals surface area contributed by atoms with Crippen molar-refractivity contribution in [2.24, 2.45) is 5.92 Å². The summed E-state index contributed by atoms with van der Waals surface area (Å²) in [6.07, 6.45) is -3.87. The van der Waals surface area contributed by atoms with Crippen molar-refractivity contribution in [1.29, 1.82) is 0 Å². The maximum absolute atomic E-state index is 12.1. The second-order valence-electron chi connectivity index (χ2n) is 6.46. The minimum absolute atomic E-state index is 0.0540. The zero-order chi connectivity index (χ0) is 19.7. The summed E-state index contributed by atoms with van der Waals surface area (Å²) in [5, 5.41) is 5.36. The molecule has 26 heavy (non-hydrogen) atoms. The van der Waals surface area contributed by atoms with Gasteiger partial charge in [0.05, 0.1) is 7.05 Å². The Kier molecular flexibility index (Phi) is 8.37. The summed E-state index contributed by atoms with van der Waals surface area (Å²) in [7, 11) is 1.71. The van der Waals surface area contributed by atoms with Crippen molar-refractivity contribution < 1.29 is 32.4 Å². The maximum atomic E-state index is 12.1. The number of hydrogen-bond acceptors (Lipinski definition) is 3. The lowest BCUT2D eigenvalue weighted by Gasteiger charge is -2.14. The van der Waals surface area contributed by atoms with Gasteiger partial charge in [-0.3, -0.25) is 9.59 Å². The topological polar surface area (TPSA) is 71.9 Å². The summed E-state index contributed by atoms with van der Waals surface area (Å²) in [5.41, 5.74) is 0.346. The van der Waals surface area contributed by atoms with Crippen LogP contribution in [0.2, 0.25) is 0 Å². The van der Waals surface area contributed by atoms with E-state index in [0.29, 0.717) is 23.0 Å². The van der Waals surface area contributed by atoms with Crippen LogP contribution in [0.1, 0.15) is 20.3 Å². The highest BCUT2D eigenvalue weighted by molar-refractivity contribution is 5.91. The van der Waals surface area contributed by atoms with Gasteiger partial charge in [-0.15, -0.1) is 13.2 Å². The molecule has 3 N–H and O–H groups in total. The minimum atomic E-state index is -4.76. The van der Waals surface area contributed by atoms with Crippen LogP contribution in [0.4, 0.5) is 18.9 Å². The second kappa shape index (κ2) is 10.0. The summed E-state index contributed by atoms with van der Waals surface area (Å²) in [4.78, 5) is 24.4. The van der Waals surface area contributed by atoms with E-state index in [1.165, 1.54) is 12.1 Å². The molecule has 9 heteroatoms. The number of quaternary nitrogens is 1. The number of alkyl halides is 3. The van der Waals surface area contributed by atoms with Crippen LogP contribution in [0.5, 0.6) is 5.75 Å². The molecule has 1 aromatic carbocycles. The first-order chi connectivity index (χ1) is 12.0. The van der Waals surface area contributed by atoms with Gasteiger partial charge in [-0.1, -0.05) is 13.8 Å². The number of carbonyl (C=O) groups is 2. The lowest BCUT2D eigenvalue weighted by Crippen LogP contribution is -3.11. The summed E-state index contributed by atoms with van der Waals surface area (Å²) in [6, 6.07) is 4.85. The Balaban J connectivity index is 2.37. The molecule has 0 aliphatic heterocycles. The minimum Gasteiger partial charge on any atom is -0.406 e. The molecular formula is C17H25F3N3O3+. The predicted molar refractivity (Wildman–Crippen MR) is 90.8 cm³/mol. The number of ether oxygens (including phenoxy) is 1. The van der Waals surface area contributed by atoms with Crippen molar-refractivity contribution in [2.45, 2.75) is 26.6 Å². The first-order valence-electron chi connectivity index (χ1n) is 8.29. The number of anilines is 1. The molecule has 0 radical (unpaired) electrons. The molecule has 0 fully saturated rings. The number of nitrogens with one attached hydrogen (secondary N) is 3. The molecular weight excluding hydrogens is 351 g/mol. The number of halogens is 3. The van der Waals surface area contributed by atoms with Gasteiger partial charge in [0, 0.05) is 12.2 Å². The normalized spacial score (nSPS) is 12.6. The Labute approximate surface area is 150 Å². The number of likely N-dealkylation sites (N-methyl/N-ethyl adjacent to an activating group) is 1. The SMILES string of the molecule is CC(C)CCNC(=O)C[NH+](C)CC(=O)Nc1ccc(OC(F)(F)F)cc1. The van der Waals surface area contributed by atoms with Crippen LogP contribution >= 0.6 is 0 Å². The van der Waals surface area contributed by atoms with Crippen LogP contribution in [-0.4, -0.2) is 44.9 Å². The molecule has 6 nitrogen and oxygen atoms in total. The molecule has 1 aromatic rings. The van der Waals surface area contributed by atoms with Crippen LogP contribution in [0, 0.1) is 5.92 Å². The molecule has 1 rings (SSSR count). The standard InChI is InChI=1S/C17H24F3N3O3/c1-12(2)8-9-21-15(24)10-23(3)11-16(25)22-13-4-6-14(7-5-13)26-17(18,19)20/h4-7,12H,8-11H2,1-3H3,(H,21,24)(H,22,25)/p+1. The number of rotatable bonds is 9. The van der Waals surface area contributed by atoms with Crippen molar-refractivity contribution in [3.05, 3.63) is 24.3 Å².